The van der Waals surface area contributed by atoms with Crippen LogP contribution in [0.2, 0.25) is 0 Å². The Labute approximate surface area is 119 Å². The smallest absolute Gasteiger partial charge is 0.219 e. The number of nitrogens with zero attached hydrogens (tertiary/aromatic N) is 2. The molecule has 0 atom stereocenters. The molecule has 1 aromatic heterocycles. The summed E-state index contributed by atoms with van der Waals surface area (Å²) in [7, 11) is 0. The van der Waals surface area contributed by atoms with Gasteiger partial charge in [-0.25, -0.2) is 4.98 Å². The molecule has 0 aliphatic carbocycles. The Morgan fingerprint density at radius 3 is 2.78 bits per heavy atom. The molecular formula is C13H10IN3O. The second kappa shape index (κ2) is 5.23. The summed E-state index contributed by atoms with van der Waals surface area (Å²) in [5, 5.41) is 8.84. The van der Waals surface area contributed by atoms with Crippen LogP contribution in [0.15, 0.2) is 30.3 Å². The Kier molecular flexibility index (Phi) is 3.67. The van der Waals surface area contributed by atoms with Crippen LogP contribution in [0.3, 0.4) is 0 Å². The van der Waals surface area contributed by atoms with Gasteiger partial charge in [-0.1, -0.05) is 6.07 Å². The van der Waals surface area contributed by atoms with E-state index in [4.69, 9.17) is 15.7 Å². The zero-order chi connectivity index (χ0) is 13.1. The Morgan fingerprint density at radius 2 is 2.17 bits per heavy atom. The normalized spacial score (nSPS) is 9.83. The number of nitriles is 1. The number of halogens is 1. The molecule has 18 heavy (non-hydrogen) atoms. The van der Waals surface area contributed by atoms with Gasteiger partial charge in [0, 0.05) is 11.8 Å². The number of aryl methyl sites for hydroxylation is 1. The first-order valence-electron chi connectivity index (χ1n) is 5.21. The summed E-state index contributed by atoms with van der Waals surface area (Å²) in [6.45, 7) is 1.89. The van der Waals surface area contributed by atoms with Gasteiger partial charge in [0.25, 0.3) is 0 Å². The summed E-state index contributed by atoms with van der Waals surface area (Å²) >= 11 is 2.09. The molecule has 5 heteroatoms. The molecule has 1 aromatic carbocycles. The lowest BCUT2D eigenvalue weighted by atomic mass is 10.2. The monoisotopic (exact) mass is 351 g/mol. The number of anilines is 1. The lowest BCUT2D eigenvalue weighted by Crippen LogP contribution is -1.97. The Bertz CT molecular complexity index is 611. The molecule has 1 heterocycles. The first kappa shape index (κ1) is 12.6. The number of nitrogen functional groups attached to an aromatic ring is 1. The van der Waals surface area contributed by atoms with E-state index in [0.717, 1.165) is 9.26 Å². The average molecular weight is 351 g/mol. The van der Waals surface area contributed by atoms with Gasteiger partial charge in [0.05, 0.1) is 20.9 Å². The maximum Gasteiger partial charge on any atom is 0.219 e. The van der Waals surface area contributed by atoms with Crippen LogP contribution >= 0.6 is 22.6 Å². The number of nitrogens with two attached hydrogens (primary N) is 1. The van der Waals surface area contributed by atoms with Crippen molar-refractivity contribution in [1.29, 1.82) is 5.26 Å². The highest BCUT2D eigenvalue weighted by Crippen LogP contribution is 2.32. The molecular weight excluding hydrogens is 341 g/mol. The van der Waals surface area contributed by atoms with Crippen LogP contribution in [0.4, 0.5) is 5.69 Å². The highest BCUT2D eigenvalue weighted by atomic mass is 127. The average Bonchev–Trinajstić information content (AvgIpc) is 2.33. The molecule has 0 radical (unpaired) electrons. The highest BCUT2D eigenvalue weighted by Gasteiger charge is 2.10. The van der Waals surface area contributed by atoms with Crippen LogP contribution in [-0.4, -0.2) is 4.98 Å². The first-order chi connectivity index (χ1) is 8.60. The third-order valence-corrected chi connectivity index (χ3v) is 3.07. The summed E-state index contributed by atoms with van der Waals surface area (Å²) in [6.07, 6.45) is 0. The molecule has 2 rings (SSSR count). The molecule has 0 unspecified atom stereocenters. The van der Waals surface area contributed by atoms with Crippen molar-refractivity contribution in [1.82, 2.24) is 4.98 Å². The molecule has 0 aliphatic heterocycles. The molecule has 2 aromatic rings. The predicted molar refractivity (Wildman–Crippen MR) is 77.3 cm³/mol. The van der Waals surface area contributed by atoms with Crippen LogP contribution in [0.25, 0.3) is 0 Å². The topological polar surface area (TPSA) is 71.9 Å². The largest absolute Gasteiger partial charge is 0.436 e. The molecule has 0 bridgehead atoms. The quantitative estimate of drug-likeness (QED) is 0.666. The van der Waals surface area contributed by atoms with E-state index in [2.05, 4.69) is 33.6 Å². The zero-order valence-electron chi connectivity index (χ0n) is 9.64. The first-order valence-corrected chi connectivity index (χ1v) is 6.28. The summed E-state index contributed by atoms with van der Waals surface area (Å²) in [6, 6.07) is 10.9. The minimum atomic E-state index is 0.432. The van der Waals surface area contributed by atoms with Crippen molar-refractivity contribution in [2.45, 2.75) is 6.92 Å². The van der Waals surface area contributed by atoms with Gasteiger partial charge in [0.1, 0.15) is 0 Å². The van der Waals surface area contributed by atoms with Crippen molar-refractivity contribution in [2.24, 2.45) is 0 Å². The Hall–Kier alpha value is -1.81. The van der Waals surface area contributed by atoms with E-state index in [1.165, 1.54) is 0 Å². The lowest BCUT2D eigenvalue weighted by Gasteiger charge is -2.10. The fourth-order valence-corrected chi connectivity index (χ4v) is 2.22. The second-order valence-corrected chi connectivity index (χ2v) is 4.87. The molecule has 0 fully saturated rings. The van der Waals surface area contributed by atoms with Crippen molar-refractivity contribution in [3.8, 4) is 17.7 Å². The Balaban J connectivity index is 2.38. The fraction of sp³-hybridized carbons (Fsp3) is 0.0769. The zero-order valence-corrected chi connectivity index (χ0v) is 11.8. The van der Waals surface area contributed by atoms with E-state index in [9.17, 15) is 0 Å². The summed E-state index contributed by atoms with van der Waals surface area (Å²) < 4.78 is 6.45. The van der Waals surface area contributed by atoms with Crippen LogP contribution < -0.4 is 10.5 Å². The number of aromatic nitrogens is 1. The van der Waals surface area contributed by atoms with E-state index >= 15 is 0 Å². The van der Waals surface area contributed by atoms with Crippen molar-refractivity contribution in [3.05, 3.63) is 45.2 Å². The third kappa shape index (κ3) is 2.71. The predicted octanol–water partition coefficient (Wildman–Crippen LogP) is 3.24. The van der Waals surface area contributed by atoms with E-state index in [-0.39, 0.29) is 0 Å². The molecule has 90 valence electrons. The van der Waals surface area contributed by atoms with Gasteiger partial charge in [-0.05, 0) is 47.7 Å². The molecule has 0 aliphatic rings. The summed E-state index contributed by atoms with van der Waals surface area (Å²) in [5.74, 6) is 1.03. The van der Waals surface area contributed by atoms with Crippen molar-refractivity contribution in [3.63, 3.8) is 0 Å². The summed E-state index contributed by atoms with van der Waals surface area (Å²) in [4.78, 5) is 4.25. The third-order valence-electron chi connectivity index (χ3n) is 2.27. The van der Waals surface area contributed by atoms with Gasteiger partial charge in [0.2, 0.25) is 5.88 Å². The Morgan fingerprint density at radius 1 is 1.39 bits per heavy atom. The number of hydrogen-bond donors (Lipinski definition) is 1. The number of rotatable bonds is 2. The molecule has 2 N–H and O–H groups in total. The molecule has 0 spiro atoms. The van der Waals surface area contributed by atoms with Crippen LogP contribution in [0.5, 0.6) is 11.6 Å². The SMILES string of the molecule is Cc1cccc(Oc2c(N)cc(C#N)cc2I)n1. The fourth-order valence-electron chi connectivity index (χ4n) is 1.47. The van der Waals surface area contributed by atoms with E-state index in [0.29, 0.717) is 22.9 Å². The number of pyridine rings is 1. The summed E-state index contributed by atoms with van der Waals surface area (Å²) in [5.41, 5.74) is 7.69. The van der Waals surface area contributed by atoms with E-state index in [1.807, 2.05) is 19.1 Å². The van der Waals surface area contributed by atoms with Gasteiger partial charge in [-0.2, -0.15) is 5.26 Å². The minimum Gasteiger partial charge on any atom is -0.436 e. The van der Waals surface area contributed by atoms with E-state index < -0.39 is 0 Å². The molecule has 0 saturated carbocycles. The highest BCUT2D eigenvalue weighted by molar-refractivity contribution is 14.1. The maximum atomic E-state index is 8.84. The lowest BCUT2D eigenvalue weighted by molar-refractivity contribution is 0.461. The molecule has 0 saturated heterocycles. The van der Waals surface area contributed by atoms with Gasteiger partial charge in [-0.15, -0.1) is 0 Å². The molecule has 0 amide bonds. The van der Waals surface area contributed by atoms with E-state index in [1.54, 1.807) is 18.2 Å². The van der Waals surface area contributed by atoms with Gasteiger partial charge in [-0.3, -0.25) is 0 Å². The second-order valence-electron chi connectivity index (χ2n) is 3.71. The maximum absolute atomic E-state index is 8.84. The van der Waals surface area contributed by atoms with Crippen molar-refractivity contribution < 1.29 is 4.74 Å². The van der Waals surface area contributed by atoms with Crippen LogP contribution in [0.1, 0.15) is 11.3 Å². The van der Waals surface area contributed by atoms with Gasteiger partial charge in [0.15, 0.2) is 5.75 Å². The van der Waals surface area contributed by atoms with Gasteiger partial charge >= 0.3 is 0 Å². The van der Waals surface area contributed by atoms with Crippen molar-refractivity contribution >= 4 is 28.3 Å². The number of benzene rings is 1. The van der Waals surface area contributed by atoms with Gasteiger partial charge < -0.3 is 10.5 Å². The minimum absolute atomic E-state index is 0.432. The van der Waals surface area contributed by atoms with Crippen LogP contribution in [-0.2, 0) is 0 Å². The number of ether oxygens (including phenoxy) is 1. The standard InChI is InChI=1S/C13H10IN3O/c1-8-3-2-4-12(17-8)18-13-10(14)5-9(7-15)6-11(13)16/h2-6H,16H2,1H3. The van der Waals surface area contributed by atoms with Crippen LogP contribution in [0, 0.1) is 21.8 Å². The number of hydrogen-bond acceptors (Lipinski definition) is 4. The molecule has 4 nitrogen and oxygen atoms in total. The van der Waals surface area contributed by atoms with Crippen molar-refractivity contribution in [2.75, 3.05) is 5.73 Å².